The number of carbonyl (C=O) groups is 1. The molecule has 0 spiro atoms. The molecule has 33 heavy (non-hydrogen) atoms. The van der Waals surface area contributed by atoms with E-state index >= 15 is 0 Å². The molecule has 0 atom stereocenters. The molecule has 0 saturated carbocycles. The Kier molecular flexibility index (Phi) is 6.02. The molecule has 2 heterocycles. The summed E-state index contributed by atoms with van der Waals surface area (Å²) < 4.78 is 5.98. The largest absolute Gasteiger partial charge is 0.507 e. The number of nitrogens with zero attached hydrogens (tertiary/aromatic N) is 2. The van der Waals surface area contributed by atoms with E-state index in [2.05, 4.69) is 15.9 Å². The van der Waals surface area contributed by atoms with E-state index in [-0.39, 0.29) is 17.3 Å². The topological polar surface area (TPSA) is 53.0 Å². The maximum absolute atomic E-state index is 12.9. The Morgan fingerprint density at radius 1 is 0.970 bits per heavy atom. The highest BCUT2D eigenvalue weighted by atomic mass is 35.5. The molecule has 1 N–H and O–H groups in total. The average molecular weight is 481 g/mol. The fraction of sp³-hybridized carbons (Fsp3) is 0.192. The number of benzene rings is 3. The van der Waals surface area contributed by atoms with Crippen molar-refractivity contribution < 1.29 is 14.6 Å². The minimum absolute atomic E-state index is 0.123. The standard InChI is InChI=1S/C26H22Cl2N2O3/c27-18-5-3-6-19(15-18)30-12-10-29(11-13-30)16-21-23(31)9-8-20-25(32)24(33-26(20)21)14-17-4-1-2-7-22(17)28/h1-9,14-15,31H,10-13,16H2/b24-14-. The molecule has 0 unspecified atom stereocenters. The second-order valence-electron chi connectivity index (χ2n) is 8.14. The van der Waals surface area contributed by atoms with Gasteiger partial charge in [-0.15, -0.1) is 0 Å². The Morgan fingerprint density at radius 3 is 2.52 bits per heavy atom. The van der Waals surface area contributed by atoms with Crippen molar-refractivity contribution in [1.29, 1.82) is 0 Å². The van der Waals surface area contributed by atoms with Crippen LogP contribution in [-0.4, -0.2) is 42.0 Å². The molecule has 1 fully saturated rings. The molecule has 0 aliphatic carbocycles. The van der Waals surface area contributed by atoms with Crippen molar-refractivity contribution in [2.75, 3.05) is 31.1 Å². The number of hydrogen-bond acceptors (Lipinski definition) is 5. The van der Waals surface area contributed by atoms with Gasteiger partial charge in [0.25, 0.3) is 0 Å². The number of phenols is 1. The zero-order valence-corrected chi connectivity index (χ0v) is 19.3. The second-order valence-corrected chi connectivity index (χ2v) is 8.99. The van der Waals surface area contributed by atoms with Crippen molar-refractivity contribution in [3.63, 3.8) is 0 Å². The highest BCUT2D eigenvalue weighted by molar-refractivity contribution is 6.32. The number of halogens is 2. The quantitative estimate of drug-likeness (QED) is 0.489. The first-order valence-electron chi connectivity index (χ1n) is 10.8. The van der Waals surface area contributed by atoms with Crippen LogP contribution in [0, 0.1) is 0 Å². The summed E-state index contributed by atoms with van der Waals surface area (Å²) in [5, 5.41) is 11.9. The number of carbonyl (C=O) groups excluding carboxylic acids is 1. The normalized spacial score (nSPS) is 17.3. The first kappa shape index (κ1) is 21.8. The molecule has 0 radical (unpaired) electrons. The van der Waals surface area contributed by atoms with Gasteiger partial charge >= 0.3 is 0 Å². The molecule has 3 aromatic carbocycles. The van der Waals surface area contributed by atoms with Crippen LogP contribution in [-0.2, 0) is 6.54 Å². The Labute approximate surface area is 202 Å². The van der Waals surface area contributed by atoms with Crippen molar-refractivity contribution in [2.45, 2.75) is 6.54 Å². The van der Waals surface area contributed by atoms with Gasteiger partial charge in [-0.3, -0.25) is 9.69 Å². The lowest BCUT2D eigenvalue weighted by molar-refractivity contribution is 0.101. The van der Waals surface area contributed by atoms with E-state index in [1.54, 1.807) is 24.3 Å². The molecule has 0 bridgehead atoms. The molecule has 0 aromatic heterocycles. The summed E-state index contributed by atoms with van der Waals surface area (Å²) in [6.45, 7) is 3.80. The summed E-state index contributed by atoms with van der Waals surface area (Å²) in [7, 11) is 0. The van der Waals surface area contributed by atoms with E-state index in [0.717, 1.165) is 36.9 Å². The van der Waals surface area contributed by atoms with Crippen LogP contribution in [0.15, 0.2) is 66.4 Å². The zero-order valence-electron chi connectivity index (χ0n) is 17.8. The van der Waals surface area contributed by atoms with Gasteiger partial charge < -0.3 is 14.7 Å². The molecule has 7 heteroatoms. The van der Waals surface area contributed by atoms with Crippen molar-refractivity contribution in [3.8, 4) is 11.5 Å². The highest BCUT2D eigenvalue weighted by Gasteiger charge is 2.32. The van der Waals surface area contributed by atoms with Crippen molar-refractivity contribution in [3.05, 3.63) is 93.2 Å². The smallest absolute Gasteiger partial charge is 0.231 e. The van der Waals surface area contributed by atoms with Gasteiger partial charge in [0, 0.05) is 48.5 Å². The number of fused-ring (bicyclic) bond motifs is 1. The van der Waals surface area contributed by atoms with Crippen LogP contribution in [0.1, 0.15) is 21.5 Å². The molecule has 2 aliphatic heterocycles. The third-order valence-corrected chi connectivity index (χ3v) is 6.61. The minimum atomic E-state index is -0.211. The molecule has 5 nitrogen and oxygen atoms in total. The molecular formula is C26H22Cl2N2O3. The first-order chi connectivity index (χ1) is 16.0. The van der Waals surface area contributed by atoms with E-state index in [1.807, 2.05) is 36.4 Å². The van der Waals surface area contributed by atoms with Crippen LogP contribution in [0.3, 0.4) is 0 Å². The molecule has 2 aliphatic rings. The molecule has 168 valence electrons. The second kappa shape index (κ2) is 9.10. The van der Waals surface area contributed by atoms with Gasteiger partial charge in [-0.1, -0.05) is 47.5 Å². The van der Waals surface area contributed by atoms with Crippen LogP contribution in [0.4, 0.5) is 5.69 Å². The summed E-state index contributed by atoms with van der Waals surface area (Å²) in [5.74, 6) is 0.543. The van der Waals surface area contributed by atoms with Gasteiger partial charge in [-0.05, 0) is 48.0 Å². The molecule has 3 aromatic rings. The summed E-state index contributed by atoms with van der Waals surface area (Å²) >= 11 is 12.4. The van der Waals surface area contributed by atoms with E-state index in [4.69, 9.17) is 27.9 Å². The first-order valence-corrected chi connectivity index (χ1v) is 11.5. The third-order valence-electron chi connectivity index (χ3n) is 6.04. The number of anilines is 1. The fourth-order valence-electron chi connectivity index (χ4n) is 4.24. The summed E-state index contributed by atoms with van der Waals surface area (Å²) in [6, 6.07) is 18.3. The SMILES string of the molecule is O=C1/C(=C/c2ccccc2Cl)Oc2c1ccc(O)c2CN1CCN(c2cccc(Cl)c2)CC1. The number of ether oxygens (including phenoxy) is 1. The fourth-order valence-corrected chi connectivity index (χ4v) is 4.62. The van der Waals surface area contributed by atoms with Crippen LogP contribution < -0.4 is 9.64 Å². The number of Topliss-reactive ketones (excluding diaryl/α,β-unsaturated/α-hetero) is 1. The third kappa shape index (κ3) is 4.44. The highest BCUT2D eigenvalue weighted by Crippen LogP contribution is 2.40. The Bertz CT molecular complexity index is 1250. The van der Waals surface area contributed by atoms with Crippen LogP contribution >= 0.6 is 23.2 Å². The van der Waals surface area contributed by atoms with Crippen LogP contribution in [0.25, 0.3) is 6.08 Å². The van der Waals surface area contributed by atoms with E-state index in [9.17, 15) is 9.90 Å². The number of allylic oxidation sites excluding steroid dienone is 1. The van der Waals surface area contributed by atoms with Gasteiger partial charge in [-0.2, -0.15) is 0 Å². The van der Waals surface area contributed by atoms with Crippen molar-refractivity contribution >= 4 is 40.7 Å². The van der Waals surface area contributed by atoms with Crippen LogP contribution in [0.5, 0.6) is 11.5 Å². The lowest BCUT2D eigenvalue weighted by atomic mass is 10.0. The number of hydrogen-bond donors (Lipinski definition) is 1. The zero-order chi connectivity index (χ0) is 22.9. The van der Waals surface area contributed by atoms with Crippen molar-refractivity contribution in [2.24, 2.45) is 0 Å². The molecule has 5 rings (SSSR count). The lowest BCUT2D eigenvalue weighted by Gasteiger charge is -2.36. The number of rotatable bonds is 4. The number of aromatic hydroxyl groups is 1. The average Bonchev–Trinajstić information content (AvgIpc) is 3.13. The van der Waals surface area contributed by atoms with E-state index < -0.39 is 0 Å². The van der Waals surface area contributed by atoms with E-state index in [1.165, 1.54) is 0 Å². The van der Waals surface area contributed by atoms with Gasteiger partial charge in [0.2, 0.25) is 5.78 Å². The van der Waals surface area contributed by atoms with Gasteiger partial charge in [0.05, 0.1) is 11.1 Å². The molecular weight excluding hydrogens is 459 g/mol. The lowest BCUT2D eigenvalue weighted by Crippen LogP contribution is -2.46. The van der Waals surface area contributed by atoms with Crippen molar-refractivity contribution in [1.82, 2.24) is 4.90 Å². The monoisotopic (exact) mass is 480 g/mol. The summed E-state index contributed by atoms with van der Waals surface area (Å²) in [6.07, 6.45) is 1.65. The van der Waals surface area contributed by atoms with E-state index in [0.29, 0.717) is 34.0 Å². The van der Waals surface area contributed by atoms with Gasteiger partial charge in [0.1, 0.15) is 11.5 Å². The Hall–Kier alpha value is -2.99. The Balaban J connectivity index is 1.34. The summed E-state index contributed by atoms with van der Waals surface area (Å²) in [4.78, 5) is 17.5. The maximum atomic E-state index is 12.9. The number of piperazine rings is 1. The predicted molar refractivity (Wildman–Crippen MR) is 131 cm³/mol. The molecule has 0 amide bonds. The van der Waals surface area contributed by atoms with Gasteiger partial charge in [0.15, 0.2) is 5.76 Å². The summed E-state index contributed by atoms with van der Waals surface area (Å²) in [5.41, 5.74) is 2.89. The van der Waals surface area contributed by atoms with Gasteiger partial charge in [-0.25, -0.2) is 0 Å². The predicted octanol–water partition coefficient (Wildman–Crippen LogP) is 5.64. The van der Waals surface area contributed by atoms with Crippen LogP contribution in [0.2, 0.25) is 10.0 Å². The number of ketones is 1. The minimum Gasteiger partial charge on any atom is -0.507 e. The number of phenolic OH excluding ortho intramolecular Hbond substituents is 1. The molecule has 1 saturated heterocycles. The maximum Gasteiger partial charge on any atom is 0.231 e. The Morgan fingerprint density at radius 2 is 1.76 bits per heavy atom.